The Bertz CT molecular complexity index is 1290. The number of carbonyl (C=O) groups is 1. The molecule has 0 radical (unpaired) electrons. The molecule has 0 bridgehead atoms. The minimum absolute atomic E-state index is 0.0680. The molecule has 2 aliphatic heterocycles. The zero-order chi connectivity index (χ0) is 25.8. The summed E-state index contributed by atoms with van der Waals surface area (Å²) < 4.78 is 16.7. The van der Waals surface area contributed by atoms with E-state index in [4.69, 9.17) is 14.2 Å². The second-order valence-electron chi connectivity index (χ2n) is 9.30. The molecule has 0 N–H and O–H groups in total. The first kappa shape index (κ1) is 24.6. The highest BCUT2D eigenvalue weighted by atomic mass is 16.7. The van der Waals surface area contributed by atoms with Gasteiger partial charge in [0.1, 0.15) is 11.5 Å². The summed E-state index contributed by atoms with van der Waals surface area (Å²) in [6.45, 7) is 5.93. The Hall–Kier alpha value is -4.11. The Kier molecular flexibility index (Phi) is 7.23. The molecule has 0 aromatic heterocycles. The Morgan fingerprint density at radius 3 is 2.35 bits per heavy atom. The topological polar surface area (TPSA) is 94.4 Å². The van der Waals surface area contributed by atoms with Crippen molar-refractivity contribution in [2.24, 2.45) is 0 Å². The van der Waals surface area contributed by atoms with Gasteiger partial charge in [-0.2, -0.15) is 0 Å². The van der Waals surface area contributed by atoms with Crippen molar-refractivity contribution < 1.29 is 23.9 Å². The minimum Gasteiger partial charge on any atom is -0.457 e. The average molecular weight is 504 g/mol. The van der Waals surface area contributed by atoms with Crippen LogP contribution in [0, 0.1) is 17.0 Å². The maximum absolute atomic E-state index is 12.8. The van der Waals surface area contributed by atoms with E-state index in [2.05, 4.69) is 11.0 Å². The third kappa shape index (κ3) is 6.00. The minimum atomic E-state index is -0.406. The van der Waals surface area contributed by atoms with Gasteiger partial charge in [0.25, 0.3) is 5.69 Å². The van der Waals surface area contributed by atoms with Crippen LogP contribution in [0.2, 0.25) is 0 Å². The second kappa shape index (κ2) is 10.9. The summed E-state index contributed by atoms with van der Waals surface area (Å²) in [5, 5.41) is 11.0. The van der Waals surface area contributed by atoms with Gasteiger partial charge in [-0.3, -0.25) is 19.8 Å². The number of nitrogens with zero attached hydrogens (tertiary/aromatic N) is 3. The SMILES string of the molecule is Cc1cc(Oc2ccc(CCC(=O)N3CCN(Cc4ccc5c(c4)OCO5)CC3)cc2)ccc1[N+](=O)[O-]. The number of ether oxygens (including phenoxy) is 3. The lowest BCUT2D eigenvalue weighted by Gasteiger charge is -2.34. The first-order valence-corrected chi connectivity index (χ1v) is 12.3. The van der Waals surface area contributed by atoms with Crippen LogP contribution in [0.4, 0.5) is 5.69 Å². The molecule has 9 nitrogen and oxygen atoms in total. The van der Waals surface area contributed by atoms with E-state index in [1.165, 1.54) is 11.6 Å². The monoisotopic (exact) mass is 503 g/mol. The highest BCUT2D eigenvalue weighted by Gasteiger charge is 2.22. The summed E-state index contributed by atoms with van der Waals surface area (Å²) in [5.41, 5.74) is 2.85. The predicted octanol–water partition coefficient (Wildman–Crippen LogP) is 4.70. The smallest absolute Gasteiger partial charge is 0.272 e. The van der Waals surface area contributed by atoms with Gasteiger partial charge in [-0.25, -0.2) is 0 Å². The van der Waals surface area contributed by atoms with E-state index in [0.717, 1.165) is 49.8 Å². The maximum atomic E-state index is 12.8. The molecule has 2 aliphatic rings. The van der Waals surface area contributed by atoms with Crippen molar-refractivity contribution in [2.45, 2.75) is 26.3 Å². The summed E-state index contributed by atoms with van der Waals surface area (Å²) in [6, 6.07) is 18.3. The molecule has 0 unspecified atom stereocenters. The molecule has 0 aliphatic carbocycles. The average Bonchev–Trinajstić information content (AvgIpc) is 3.36. The normalized spacial score (nSPS) is 15.0. The molecular weight excluding hydrogens is 474 g/mol. The Morgan fingerprint density at radius 1 is 0.919 bits per heavy atom. The van der Waals surface area contributed by atoms with Crippen LogP contribution in [0.3, 0.4) is 0 Å². The number of fused-ring (bicyclic) bond motifs is 1. The number of benzene rings is 3. The van der Waals surface area contributed by atoms with Crippen LogP contribution >= 0.6 is 0 Å². The molecule has 1 amide bonds. The van der Waals surface area contributed by atoms with Crippen molar-refractivity contribution >= 4 is 11.6 Å². The Labute approximate surface area is 215 Å². The number of nitro groups is 1. The summed E-state index contributed by atoms with van der Waals surface area (Å²) in [6.07, 6.45) is 1.12. The first-order valence-electron chi connectivity index (χ1n) is 12.3. The standard InChI is InChI=1S/C28H29N3O6/c1-20-16-24(8-9-25(20)31(33)34)37-23-6-2-21(3-7-23)5-11-28(32)30-14-12-29(13-15-30)18-22-4-10-26-27(17-22)36-19-35-26/h2-4,6-10,16-17H,5,11-15,18-19H2,1H3. The van der Waals surface area contributed by atoms with Crippen LogP contribution in [0.15, 0.2) is 60.7 Å². The quantitative estimate of drug-likeness (QED) is 0.325. The number of hydrogen-bond acceptors (Lipinski definition) is 7. The van der Waals surface area contributed by atoms with Crippen molar-refractivity contribution in [1.29, 1.82) is 0 Å². The van der Waals surface area contributed by atoms with E-state index in [-0.39, 0.29) is 18.4 Å². The van der Waals surface area contributed by atoms with Gasteiger partial charge in [0.05, 0.1) is 4.92 Å². The van der Waals surface area contributed by atoms with Gasteiger partial charge >= 0.3 is 0 Å². The number of rotatable bonds is 8. The predicted molar refractivity (Wildman–Crippen MR) is 137 cm³/mol. The van der Waals surface area contributed by atoms with Crippen molar-refractivity contribution in [3.63, 3.8) is 0 Å². The van der Waals surface area contributed by atoms with Crippen molar-refractivity contribution in [3.05, 3.63) is 87.5 Å². The van der Waals surface area contributed by atoms with Crippen molar-refractivity contribution in [2.75, 3.05) is 33.0 Å². The zero-order valence-corrected chi connectivity index (χ0v) is 20.7. The molecule has 0 spiro atoms. The number of nitro benzene ring substituents is 1. The Morgan fingerprint density at radius 2 is 1.62 bits per heavy atom. The van der Waals surface area contributed by atoms with Crippen LogP contribution in [-0.4, -0.2) is 53.6 Å². The molecule has 1 fully saturated rings. The molecular formula is C28H29N3O6. The van der Waals surface area contributed by atoms with Crippen LogP contribution in [-0.2, 0) is 17.8 Å². The lowest BCUT2D eigenvalue weighted by molar-refractivity contribution is -0.385. The highest BCUT2D eigenvalue weighted by Crippen LogP contribution is 2.33. The molecule has 9 heteroatoms. The van der Waals surface area contributed by atoms with Crippen LogP contribution in [0.5, 0.6) is 23.0 Å². The molecule has 3 aromatic carbocycles. The van der Waals surface area contributed by atoms with Gasteiger partial charge in [-0.05, 0) is 60.9 Å². The van der Waals surface area contributed by atoms with Gasteiger partial charge in [0.15, 0.2) is 11.5 Å². The summed E-state index contributed by atoms with van der Waals surface area (Å²) in [4.78, 5) is 27.7. The first-order chi connectivity index (χ1) is 17.9. The summed E-state index contributed by atoms with van der Waals surface area (Å²) in [5.74, 6) is 2.95. The van der Waals surface area contributed by atoms with E-state index in [1.807, 2.05) is 41.3 Å². The lowest BCUT2D eigenvalue weighted by Crippen LogP contribution is -2.48. The third-order valence-electron chi connectivity index (χ3n) is 6.72. The molecule has 3 aromatic rings. The van der Waals surface area contributed by atoms with Gasteiger partial charge in [-0.1, -0.05) is 18.2 Å². The molecule has 0 saturated carbocycles. The number of piperazine rings is 1. The summed E-state index contributed by atoms with van der Waals surface area (Å²) in [7, 11) is 0. The van der Waals surface area contributed by atoms with Crippen molar-refractivity contribution in [1.82, 2.24) is 9.80 Å². The summed E-state index contributed by atoms with van der Waals surface area (Å²) >= 11 is 0. The van der Waals surface area contributed by atoms with Gasteiger partial charge in [-0.15, -0.1) is 0 Å². The van der Waals surface area contributed by atoms with Crippen LogP contribution in [0.25, 0.3) is 0 Å². The van der Waals surface area contributed by atoms with Crippen LogP contribution < -0.4 is 14.2 Å². The fourth-order valence-corrected chi connectivity index (χ4v) is 4.62. The van der Waals surface area contributed by atoms with Crippen molar-refractivity contribution in [3.8, 4) is 23.0 Å². The molecule has 5 rings (SSSR count). The molecule has 37 heavy (non-hydrogen) atoms. The fourth-order valence-electron chi connectivity index (χ4n) is 4.62. The van der Waals surface area contributed by atoms with E-state index < -0.39 is 4.92 Å². The third-order valence-corrected chi connectivity index (χ3v) is 6.72. The van der Waals surface area contributed by atoms with Gasteiger partial charge < -0.3 is 19.1 Å². The fraction of sp³-hybridized carbons (Fsp3) is 0.321. The number of amides is 1. The lowest BCUT2D eigenvalue weighted by atomic mass is 10.1. The Balaban J connectivity index is 1.06. The molecule has 0 atom stereocenters. The van der Waals surface area contributed by atoms with Crippen LogP contribution in [0.1, 0.15) is 23.1 Å². The molecule has 192 valence electrons. The molecule has 1 saturated heterocycles. The van der Waals surface area contributed by atoms with E-state index >= 15 is 0 Å². The number of carbonyl (C=O) groups excluding carboxylic acids is 1. The number of aryl methyl sites for hydroxylation is 2. The van der Waals surface area contributed by atoms with E-state index in [0.29, 0.717) is 29.9 Å². The number of hydrogen-bond donors (Lipinski definition) is 0. The molecule has 2 heterocycles. The highest BCUT2D eigenvalue weighted by molar-refractivity contribution is 5.76. The van der Waals surface area contributed by atoms with Gasteiger partial charge in [0, 0.05) is 50.8 Å². The second-order valence-corrected chi connectivity index (χ2v) is 9.30. The van der Waals surface area contributed by atoms with E-state index in [9.17, 15) is 14.9 Å². The van der Waals surface area contributed by atoms with E-state index in [1.54, 1.807) is 19.1 Å². The maximum Gasteiger partial charge on any atom is 0.272 e. The van der Waals surface area contributed by atoms with Gasteiger partial charge in [0.2, 0.25) is 12.7 Å². The largest absolute Gasteiger partial charge is 0.457 e. The zero-order valence-electron chi connectivity index (χ0n) is 20.7.